The Bertz CT molecular complexity index is 842. The minimum atomic E-state index is -0.815. The lowest BCUT2D eigenvalue weighted by Gasteiger charge is -2.36. The lowest BCUT2D eigenvalue weighted by Crippen LogP contribution is -2.60. The second-order valence-corrected chi connectivity index (χ2v) is 12.7. The lowest BCUT2D eigenvalue weighted by molar-refractivity contribution is -0.142. The number of urea groups is 1. The summed E-state index contributed by atoms with van der Waals surface area (Å²) in [6.07, 6.45) is 3.53. The highest BCUT2D eigenvalue weighted by atomic mass is 16.3. The van der Waals surface area contributed by atoms with Crippen molar-refractivity contribution in [1.82, 2.24) is 26.2 Å². The summed E-state index contributed by atoms with van der Waals surface area (Å²) in [5.74, 6) is -0.883. The Hall–Kier alpha value is -2.36. The monoisotopic (exact) mass is 493 g/mol. The van der Waals surface area contributed by atoms with Gasteiger partial charge < -0.3 is 31.3 Å². The number of aliphatic hydroxyl groups is 1. The summed E-state index contributed by atoms with van der Waals surface area (Å²) in [5.41, 5.74) is -1.08. The molecule has 10 heteroatoms. The van der Waals surface area contributed by atoms with E-state index in [0.717, 1.165) is 12.8 Å². The molecule has 35 heavy (non-hydrogen) atoms. The van der Waals surface area contributed by atoms with Gasteiger partial charge in [-0.1, -0.05) is 20.8 Å². The standard InChI is InChI=1S/C25H43N5O5/c1-23(2,3)18(28-22(35)29-24(4,5)6)21(34)30-14-25(8-9-25)12-17(30)20(33)27-16(13-31)11-15-7-10-26-19(15)32/h15-18,31H,7-14H2,1-6H3,(H,26,32)(H,27,33)(H2,28,29,35)/t15-,16-,17-,18+/m0/s1. The first-order valence-corrected chi connectivity index (χ1v) is 12.7. The summed E-state index contributed by atoms with van der Waals surface area (Å²) in [7, 11) is 0. The number of carbonyl (C=O) groups is 4. The highest BCUT2D eigenvalue weighted by molar-refractivity contribution is 5.93. The average molecular weight is 494 g/mol. The minimum Gasteiger partial charge on any atom is -0.394 e. The average Bonchev–Trinajstić information content (AvgIpc) is 3.18. The minimum absolute atomic E-state index is 0.0478. The molecule has 0 aromatic rings. The van der Waals surface area contributed by atoms with Crippen LogP contribution >= 0.6 is 0 Å². The molecule has 0 aromatic carbocycles. The number of nitrogens with zero attached hydrogens (tertiary/aromatic N) is 1. The molecule has 2 heterocycles. The normalized spacial score (nSPS) is 25.1. The third-order valence-electron chi connectivity index (χ3n) is 7.23. The van der Waals surface area contributed by atoms with Crippen molar-refractivity contribution in [3.63, 3.8) is 0 Å². The maximum Gasteiger partial charge on any atom is 0.315 e. The van der Waals surface area contributed by atoms with Gasteiger partial charge in [0.15, 0.2) is 0 Å². The fourth-order valence-electron chi connectivity index (χ4n) is 5.07. The lowest BCUT2D eigenvalue weighted by atomic mass is 9.85. The van der Waals surface area contributed by atoms with Gasteiger partial charge in [0.2, 0.25) is 17.7 Å². The van der Waals surface area contributed by atoms with Crippen LogP contribution in [0.2, 0.25) is 0 Å². The first-order valence-electron chi connectivity index (χ1n) is 12.7. The van der Waals surface area contributed by atoms with Crippen molar-refractivity contribution in [3.05, 3.63) is 0 Å². The van der Waals surface area contributed by atoms with Gasteiger partial charge in [-0.25, -0.2) is 4.79 Å². The Kier molecular flexibility index (Phi) is 7.74. The van der Waals surface area contributed by atoms with E-state index in [2.05, 4.69) is 21.3 Å². The Morgan fingerprint density at radius 2 is 1.80 bits per heavy atom. The van der Waals surface area contributed by atoms with Gasteiger partial charge in [-0.15, -0.1) is 0 Å². The quantitative estimate of drug-likeness (QED) is 0.358. The topological polar surface area (TPSA) is 140 Å². The Balaban J connectivity index is 1.73. The number of amides is 5. The molecule has 5 amide bonds. The molecule has 5 N–H and O–H groups in total. The first kappa shape index (κ1) is 27.2. The number of likely N-dealkylation sites (tertiary alicyclic amines) is 1. The van der Waals surface area contributed by atoms with Gasteiger partial charge in [-0.3, -0.25) is 14.4 Å². The molecule has 1 spiro atoms. The SMILES string of the molecule is CC(C)(C)NC(=O)N[C@H](C(=O)N1CC2(CC2)C[C@H]1C(=O)N[C@H](CO)C[C@@H]1CCNC1=O)C(C)(C)C. The van der Waals surface area contributed by atoms with Crippen LogP contribution < -0.4 is 21.3 Å². The van der Waals surface area contributed by atoms with Gasteiger partial charge in [-0.05, 0) is 63.7 Å². The fourth-order valence-corrected chi connectivity index (χ4v) is 5.07. The third-order valence-corrected chi connectivity index (χ3v) is 7.23. The molecule has 1 saturated carbocycles. The number of nitrogens with one attached hydrogen (secondary N) is 4. The molecule has 0 bridgehead atoms. The number of rotatable bonds is 7. The molecule has 3 aliphatic rings. The highest BCUT2D eigenvalue weighted by Gasteiger charge is 2.56. The van der Waals surface area contributed by atoms with Gasteiger partial charge in [0.1, 0.15) is 12.1 Å². The van der Waals surface area contributed by atoms with Crippen molar-refractivity contribution in [1.29, 1.82) is 0 Å². The van der Waals surface area contributed by atoms with Crippen molar-refractivity contribution in [2.24, 2.45) is 16.7 Å². The van der Waals surface area contributed by atoms with Crippen LogP contribution in [0.25, 0.3) is 0 Å². The van der Waals surface area contributed by atoms with Crippen LogP contribution in [-0.2, 0) is 14.4 Å². The summed E-state index contributed by atoms with van der Waals surface area (Å²) in [6.45, 7) is 12.1. The van der Waals surface area contributed by atoms with E-state index in [1.54, 1.807) is 4.90 Å². The maximum atomic E-state index is 13.8. The van der Waals surface area contributed by atoms with Gasteiger partial charge >= 0.3 is 6.03 Å². The maximum absolute atomic E-state index is 13.8. The highest BCUT2D eigenvalue weighted by Crippen LogP contribution is 2.55. The first-order chi connectivity index (χ1) is 16.1. The second-order valence-electron chi connectivity index (χ2n) is 12.7. The van der Waals surface area contributed by atoms with Crippen molar-refractivity contribution in [2.75, 3.05) is 19.7 Å². The number of carbonyl (C=O) groups excluding carboxylic acids is 4. The van der Waals surface area contributed by atoms with Crippen molar-refractivity contribution >= 4 is 23.8 Å². The molecular formula is C25H43N5O5. The molecule has 2 saturated heterocycles. The van der Waals surface area contributed by atoms with E-state index in [-0.39, 0.29) is 35.7 Å². The number of hydrogen-bond acceptors (Lipinski definition) is 5. The molecule has 0 unspecified atom stereocenters. The van der Waals surface area contributed by atoms with E-state index >= 15 is 0 Å². The number of aliphatic hydroxyl groups excluding tert-OH is 1. The molecule has 4 atom stereocenters. The van der Waals surface area contributed by atoms with E-state index in [1.165, 1.54) is 0 Å². The molecule has 198 valence electrons. The molecule has 1 aliphatic carbocycles. The summed E-state index contributed by atoms with van der Waals surface area (Å²) in [5, 5.41) is 21.2. The summed E-state index contributed by atoms with van der Waals surface area (Å²) in [6, 6.07) is -2.47. The molecule has 3 fully saturated rings. The number of hydrogen-bond donors (Lipinski definition) is 5. The van der Waals surface area contributed by atoms with Gasteiger partial charge in [0.05, 0.1) is 12.6 Å². The zero-order valence-electron chi connectivity index (χ0n) is 22.0. The Morgan fingerprint density at radius 3 is 2.29 bits per heavy atom. The molecule has 3 rings (SSSR count). The summed E-state index contributed by atoms with van der Waals surface area (Å²) >= 11 is 0. The van der Waals surface area contributed by atoms with Crippen molar-refractivity contribution < 1.29 is 24.3 Å². The molecule has 10 nitrogen and oxygen atoms in total. The molecular weight excluding hydrogens is 450 g/mol. The van der Waals surface area contributed by atoms with Crippen LogP contribution in [0, 0.1) is 16.7 Å². The predicted octanol–water partition coefficient (Wildman–Crippen LogP) is 0.883. The Labute approximate surface area is 208 Å². The summed E-state index contributed by atoms with van der Waals surface area (Å²) < 4.78 is 0. The van der Waals surface area contributed by atoms with E-state index in [1.807, 2.05) is 41.5 Å². The van der Waals surface area contributed by atoms with Crippen LogP contribution in [0.1, 0.15) is 73.6 Å². The van der Waals surface area contributed by atoms with Crippen LogP contribution in [0.5, 0.6) is 0 Å². The summed E-state index contributed by atoms with van der Waals surface area (Å²) in [4.78, 5) is 53.4. The smallest absolute Gasteiger partial charge is 0.315 e. The van der Waals surface area contributed by atoms with Crippen LogP contribution in [0.4, 0.5) is 4.79 Å². The van der Waals surface area contributed by atoms with Crippen molar-refractivity contribution in [2.45, 2.75) is 97.3 Å². The molecule has 2 aliphatic heterocycles. The van der Waals surface area contributed by atoms with Crippen LogP contribution in [0.15, 0.2) is 0 Å². The zero-order chi connectivity index (χ0) is 26.2. The van der Waals surface area contributed by atoms with Crippen LogP contribution in [0.3, 0.4) is 0 Å². The largest absolute Gasteiger partial charge is 0.394 e. The molecule has 0 radical (unpaired) electrons. The molecule has 0 aromatic heterocycles. The van der Waals surface area contributed by atoms with E-state index in [0.29, 0.717) is 32.4 Å². The van der Waals surface area contributed by atoms with Gasteiger partial charge in [0.25, 0.3) is 0 Å². The third kappa shape index (κ3) is 6.86. The van der Waals surface area contributed by atoms with Crippen LogP contribution in [-0.4, -0.2) is 77.1 Å². The van der Waals surface area contributed by atoms with Crippen molar-refractivity contribution in [3.8, 4) is 0 Å². The van der Waals surface area contributed by atoms with E-state index in [9.17, 15) is 24.3 Å². The van der Waals surface area contributed by atoms with E-state index in [4.69, 9.17) is 0 Å². The Morgan fingerprint density at radius 1 is 1.14 bits per heavy atom. The van der Waals surface area contributed by atoms with E-state index < -0.39 is 35.1 Å². The zero-order valence-corrected chi connectivity index (χ0v) is 22.0. The van der Waals surface area contributed by atoms with Gasteiger partial charge in [-0.2, -0.15) is 0 Å². The fraction of sp³-hybridized carbons (Fsp3) is 0.840. The van der Waals surface area contributed by atoms with Gasteiger partial charge in [0, 0.05) is 24.5 Å². The predicted molar refractivity (Wildman–Crippen MR) is 131 cm³/mol. The second kappa shape index (κ2) is 9.95.